The fourth-order valence-electron chi connectivity index (χ4n) is 3.51. The lowest BCUT2D eigenvalue weighted by atomic mass is 9.70. The van der Waals surface area contributed by atoms with Crippen molar-refractivity contribution in [3.8, 4) is 0 Å². The van der Waals surface area contributed by atoms with Crippen LogP contribution in [0.1, 0.15) is 40.0 Å². The average molecular weight is 222 g/mol. The molecule has 90 valence electrons. The SMILES string of the molecule is CC1CC(N2CC(N=[N+]=[N-])C2)CC(C)(C)C1. The normalized spacial score (nSPS) is 35.2. The molecule has 16 heavy (non-hydrogen) atoms. The highest BCUT2D eigenvalue weighted by Gasteiger charge is 2.39. The molecule has 0 aromatic rings. The van der Waals surface area contributed by atoms with Crippen molar-refractivity contribution in [2.24, 2.45) is 16.4 Å². The maximum absolute atomic E-state index is 8.36. The molecule has 0 aromatic carbocycles. The van der Waals surface area contributed by atoms with Gasteiger partial charge in [0.25, 0.3) is 0 Å². The van der Waals surface area contributed by atoms with Gasteiger partial charge in [0.15, 0.2) is 0 Å². The van der Waals surface area contributed by atoms with Gasteiger partial charge in [-0.2, -0.15) is 0 Å². The first-order valence-corrected chi connectivity index (χ1v) is 6.28. The lowest BCUT2D eigenvalue weighted by Gasteiger charge is -2.49. The van der Waals surface area contributed by atoms with Crippen molar-refractivity contribution in [1.29, 1.82) is 0 Å². The van der Waals surface area contributed by atoms with Crippen LogP contribution in [0, 0.1) is 11.3 Å². The molecule has 4 nitrogen and oxygen atoms in total. The molecule has 0 bridgehead atoms. The van der Waals surface area contributed by atoms with E-state index in [1.54, 1.807) is 0 Å². The van der Waals surface area contributed by atoms with Crippen LogP contribution in [0.2, 0.25) is 0 Å². The summed E-state index contributed by atoms with van der Waals surface area (Å²) in [5.41, 5.74) is 8.84. The molecule has 1 saturated carbocycles. The maximum atomic E-state index is 8.36. The quantitative estimate of drug-likeness (QED) is 0.402. The van der Waals surface area contributed by atoms with Gasteiger partial charge in [-0.05, 0) is 36.1 Å². The van der Waals surface area contributed by atoms with Gasteiger partial charge in [0.2, 0.25) is 0 Å². The van der Waals surface area contributed by atoms with Gasteiger partial charge in [-0.3, -0.25) is 4.90 Å². The third kappa shape index (κ3) is 2.50. The molecule has 1 aliphatic carbocycles. The van der Waals surface area contributed by atoms with Crippen LogP contribution in [0.3, 0.4) is 0 Å². The molecule has 0 amide bonds. The average Bonchev–Trinajstić information content (AvgIpc) is 2.06. The van der Waals surface area contributed by atoms with E-state index in [-0.39, 0.29) is 6.04 Å². The van der Waals surface area contributed by atoms with E-state index in [4.69, 9.17) is 5.53 Å². The van der Waals surface area contributed by atoms with Crippen LogP contribution < -0.4 is 0 Å². The summed E-state index contributed by atoms with van der Waals surface area (Å²) >= 11 is 0. The zero-order valence-electron chi connectivity index (χ0n) is 10.6. The van der Waals surface area contributed by atoms with E-state index in [1.807, 2.05) is 0 Å². The van der Waals surface area contributed by atoms with E-state index < -0.39 is 0 Å². The Morgan fingerprint density at radius 3 is 2.56 bits per heavy atom. The maximum Gasteiger partial charge on any atom is 0.0628 e. The van der Waals surface area contributed by atoms with Crippen molar-refractivity contribution in [3.63, 3.8) is 0 Å². The van der Waals surface area contributed by atoms with E-state index in [9.17, 15) is 0 Å². The summed E-state index contributed by atoms with van der Waals surface area (Å²) in [7, 11) is 0. The largest absolute Gasteiger partial charge is 0.299 e. The summed E-state index contributed by atoms with van der Waals surface area (Å²) in [6.45, 7) is 9.05. The van der Waals surface area contributed by atoms with Crippen LogP contribution in [-0.2, 0) is 0 Å². The Hall–Kier alpha value is -0.730. The lowest BCUT2D eigenvalue weighted by Crippen LogP contribution is -2.56. The van der Waals surface area contributed by atoms with Crippen molar-refractivity contribution in [2.75, 3.05) is 13.1 Å². The van der Waals surface area contributed by atoms with Crippen molar-refractivity contribution in [1.82, 2.24) is 4.90 Å². The van der Waals surface area contributed by atoms with Crippen molar-refractivity contribution < 1.29 is 0 Å². The molecule has 2 atom stereocenters. The smallest absolute Gasteiger partial charge is 0.0628 e. The molecule has 4 heteroatoms. The van der Waals surface area contributed by atoms with E-state index in [2.05, 4.69) is 35.7 Å². The molecule has 2 fully saturated rings. The summed E-state index contributed by atoms with van der Waals surface area (Å²) in [5, 5.41) is 3.77. The number of nitrogens with zero attached hydrogens (tertiary/aromatic N) is 4. The zero-order chi connectivity index (χ0) is 11.8. The van der Waals surface area contributed by atoms with E-state index >= 15 is 0 Å². The summed E-state index contributed by atoms with van der Waals surface area (Å²) < 4.78 is 0. The first-order valence-electron chi connectivity index (χ1n) is 6.28. The minimum Gasteiger partial charge on any atom is -0.299 e. The highest BCUT2D eigenvalue weighted by molar-refractivity contribution is 4.95. The standard InChI is InChI=1S/C12H22N4/c1-9-4-11(6-12(2,3)5-9)16-7-10(8-16)14-15-13/h9-11H,4-8H2,1-3H3. The molecule has 0 N–H and O–H groups in total. The summed E-state index contributed by atoms with van der Waals surface area (Å²) in [5.74, 6) is 0.826. The summed E-state index contributed by atoms with van der Waals surface area (Å²) in [4.78, 5) is 5.38. The van der Waals surface area contributed by atoms with Crippen molar-refractivity contribution in [2.45, 2.75) is 52.1 Å². The Morgan fingerprint density at radius 2 is 2.00 bits per heavy atom. The summed E-state index contributed by atoms with van der Waals surface area (Å²) in [6, 6.07) is 0.939. The third-order valence-corrected chi connectivity index (χ3v) is 3.99. The number of hydrogen-bond donors (Lipinski definition) is 0. The molecule has 2 rings (SSSR count). The first kappa shape index (κ1) is 11.7. The third-order valence-electron chi connectivity index (χ3n) is 3.99. The second kappa shape index (κ2) is 4.27. The molecule has 0 spiro atoms. The minimum absolute atomic E-state index is 0.227. The fourth-order valence-corrected chi connectivity index (χ4v) is 3.51. The molecule has 1 heterocycles. The van der Waals surface area contributed by atoms with Crippen LogP contribution in [0.5, 0.6) is 0 Å². The van der Waals surface area contributed by atoms with Gasteiger partial charge in [-0.1, -0.05) is 25.9 Å². The van der Waals surface area contributed by atoms with E-state index in [1.165, 1.54) is 19.3 Å². The fraction of sp³-hybridized carbons (Fsp3) is 1.00. The van der Waals surface area contributed by atoms with Gasteiger partial charge < -0.3 is 0 Å². The zero-order valence-corrected chi connectivity index (χ0v) is 10.6. The molecule has 0 aromatic heterocycles. The highest BCUT2D eigenvalue weighted by Crippen LogP contribution is 2.41. The molecular weight excluding hydrogens is 200 g/mol. The van der Waals surface area contributed by atoms with Crippen LogP contribution in [0.25, 0.3) is 10.4 Å². The predicted molar refractivity (Wildman–Crippen MR) is 65.1 cm³/mol. The van der Waals surface area contributed by atoms with Crippen LogP contribution in [-0.4, -0.2) is 30.1 Å². The Morgan fingerprint density at radius 1 is 1.31 bits per heavy atom. The monoisotopic (exact) mass is 222 g/mol. The molecule has 2 aliphatic rings. The van der Waals surface area contributed by atoms with Crippen LogP contribution in [0.4, 0.5) is 0 Å². The molecule has 2 unspecified atom stereocenters. The second-order valence-corrected chi connectivity index (χ2v) is 6.38. The number of hydrogen-bond acceptors (Lipinski definition) is 2. The van der Waals surface area contributed by atoms with Gasteiger partial charge in [-0.25, -0.2) is 0 Å². The van der Waals surface area contributed by atoms with Gasteiger partial charge in [0, 0.05) is 24.0 Å². The molecule has 1 aliphatic heterocycles. The van der Waals surface area contributed by atoms with Crippen molar-refractivity contribution >= 4 is 0 Å². The Balaban J connectivity index is 1.89. The Kier molecular flexibility index (Phi) is 3.13. The topological polar surface area (TPSA) is 52.0 Å². The van der Waals surface area contributed by atoms with Gasteiger partial charge in [0.05, 0.1) is 6.04 Å². The first-order chi connectivity index (χ1) is 7.50. The molecule has 1 saturated heterocycles. The van der Waals surface area contributed by atoms with Crippen LogP contribution >= 0.6 is 0 Å². The Bertz CT molecular complexity index is 300. The molecule has 0 radical (unpaired) electrons. The highest BCUT2D eigenvalue weighted by atomic mass is 15.3. The second-order valence-electron chi connectivity index (χ2n) is 6.38. The summed E-state index contributed by atoms with van der Waals surface area (Å²) in [6.07, 6.45) is 3.95. The number of likely N-dealkylation sites (tertiary alicyclic amines) is 1. The number of rotatable bonds is 2. The predicted octanol–water partition coefficient (Wildman–Crippen LogP) is 3.20. The Labute approximate surface area is 97.6 Å². The van der Waals surface area contributed by atoms with Gasteiger partial charge in [0.1, 0.15) is 0 Å². The minimum atomic E-state index is 0.227. The molecular formula is C12H22N4. The van der Waals surface area contributed by atoms with E-state index in [0.29, 0.717) is 11.5 Å². The van der Waals surface area contributed by atoms with Crippen LogP contribution in [0.15, 0.2) is 5.11 Å². The van der Waals surface area contributed by atoms with Gasteiger partial charge in [-0.15, -0.1) is 0 Å². The van der Waals surface area contributed by atoms with Gasteiger partial charge >= 0.3 is 0 Å². The van der Waals surface area contributed by atoms with E-state index in [0.717, 1.165) is 19.0 Å². The number of azide groups is 1. The lowest BCUT2D eigenvalue weighted by molar-refractivity contribution is 0.0191. The van der Waals surface area contributed by atoms with Crippen molar-refractivity contribution in [3.05, 3.63) is 10.4 Å².